The molecule has 188 valence electrons. The van der Waals surface area contributed by atoms with Crippen molar-refractivity contribution in [2.45, 2.75) is 76.8 Å². The van der Waals surface area contributed by atoms with Gasteiger partial charge in [0, 0.05) is 30.5 Å². The number of benzene rings is 1. The summed E-state index contributed by atoms with van der Waals surface area (Å²) in [6, 6.07) is 5.29. The van der Waals surface area contributed by atoms with Crippen LogP contribution in [0, 0.1) is 29.5 Å². The lowest BCUT2D eigenvalue weighted by Crippen LogP contribution is -2.70. The quantitative estimate of drug-likeness (QED) is 0.460. The molecule has 0 aromatic heterocycles. The number of hydrogen-bond donors (Lipinski definition) is 2. The van der Waals surface area contributed by atoms with E-state index in [1.54, 1.807) is 0 Å². The maximum absolute atomic E-state index is 13.0. The molecule has 0 unspecified atom stereocenters. The molecule has 2 amide bonds. The molecule has 2 bridgehead atoms. The summed E-state index contributed by atoms with van der Waals surface area (Å²) in [6.07, 6.45) is 3.64. The molecule has 1 aromatic rings. The number of hydrogen-bond acceptors (Lipinski definition) is 6. The van der Waals surface area contributed by atoms with Crippen LogP contribution in [0.4, 0.5) is 14.9 Å². The van der Waals surface area contributed by atoms with Crippen molar-refractivity contribution in [1.29, 1.82) is 0 Å². The van der Waals surface area contributed by atoms with Crippen molar-refractivity contribution in [2.75, 3.05) is 18.5 Å². The summed E-state index contributed by atoms with van der Waals surface area (Å²) in [4.78, 5) is 24.0. The molecule has 4 aliphatic heterocycles. The average molecular weight is 479 g/mol. The zero-order valence-electron chi connectivity index (χ0n) is 20.1. The molecule has 8 atom stereocenters. The molecular formula is C25H35FN2O6. The van der Waals surface area contributed by atoms with Crippen LogP contribution in [0.1, 0.15) is 52.9 Å². The molecule has 1 saturated carbocycles. The SMILES string of the molecule is C[C@H]1[C@@H](OCCCNC(=O)Nc2ccc(F)cc2)O[C@@H]2O[C@]3(C)CC[C@H]4[C@H](C)CC[C@@H]1[C@@]24OO3. The van der Waals surface area contributed by atoms with Gasteiger partial charge in [0.2, 0.25) is 5.79 Å². The van der Waals surface area contributed by atoms with Crippen LogP contribution in [-0.2, 0) is 24.0 Å². The third-order valence-corrected chi connectivity index (χ3v) is 8.09. The van der Waals surface area contributed by atoms with Gasteiger partial charge in [-0.25, -0.2) is 19.0 Å². The van der Waals surface area contributed by atoms with Crippen LogP contribution in [0.2, 0.25) is 0 Å². The highest BCUT2D eigenvalue weighted by molar-refractivity contribution is 5.89. The first-order valence-corrected chi connectivity index (χ1v) is 12.4. The number of anilines is 1. The summed E-state index contributed by atoms with van der Waals surface area (Å²) in [7, 11) is 0. The fourth-order valence-corrected chi connectivity index (χ4v) is 6.24. The van der Waals surface area contributed by atoms with E-state index in [1.165, 1.54) is 24.3 Å². The summed E-state index contributed by atoms with van der Waals surface area (Å²) in [5, 5.41) is 5.46. The number of amides is 2. The largest absolute Gasteiger partial charge is 0.352 e. The molecule has 1 spiro atoms. The van der Waals surface area contributed by atoms with E-state index in [-0.39, 0.29) is 23.7 Å². The van der Waals surface area contributed by atoms with Gasteiger partial charge in [-0.2, -0.15) is 0 Å². The number of carbonyl (C=O) groups is 1. The van der Waals surface area contributed by atoms with Crippen molar-refractivity contribution in [3.05, 3.63) is 30.1 Å². The number of rotatable bonds is 6. The Hall–Kier alpha value is -1.78. The first kappa shape index (κ1) is 23.9. The number of ether oxygens (including phenoxy) is 3. The molecule has 5 aliphatic rings. The minimum absolute atomic E-state index is 0.121. The minimum atomic E-state index is -0.801. The topological polar surface area (TPSA) is 87.3 Å². The molecule has 9 heteroatoms. The molecule has 5 fully saturated rings. The molecule has 4 saturated heterocycles. The summed E-state index contributed by atoms with van der Waals surface area (Å²) in [6.45, 7) is 7.24. The second-order valence-corrected chi connectivity index (χ2v) is 10.4. The highest BCUT2D eigenvalue weighted by Gasteiger charge is 2.69. The Morgan fingerprint density at radius 2 is 1.94 bits per heavy atom. The molecule has 2 N–H and O–H groups in total. The Kier molecular flexibility index (Phi) is 6.58. The van der Waals surface area contributed by atoms with Crippen LogP contribution in [-0.4, -0.2) is 43.2 Å². The van der Waals surface area contributed by atoms with Crippen LogP contribution >= 0.6 is 0 Å². The smallest absolute Gasteiger partial charge is 0.319 e. The number of halogens is 1. The van der Waals surface area contributed by atoms with E-state index in [0.717, 1.165) is 25.7 Å². The Morgan fingerprint density at radius 3 is 2.74 bits per heavy atom. The van der Waals surface area contributed by atoms with Gasteiger partial charge in [0.05, 0.1) is 6.61 Å². The zero-order valence-corrected chi connectivity index (χ0v) is 20.1. The predicted octanol–water partition coefficient (Wildman–Crippen LogP) is 4.56. The van der Waals surface area contributed by atoms with E-state index in [4.69, 9.17) is 24.0 Å². The van der Waals surface area contributed by atoms with Crippen molar-refractivity contribution in [2.24, 2.45) is 23.7 Å². The molecular weight excluding hydrogens is 443 g/mol. The maximum atomic E-state index is 13.0. The molecule has 34 heavy (non-hydrogen) atoms. The number of carbonyl (C=O) groups excluding carboxylic acids is 1. The van der Waals surface area contributed by atoms with Crippen LogP contribution < -0.4 is 10.6 Å². The van der Waals surface area contributed by atoms with E-state index in [2.05, 4.69) is 24.5 Å². The minimum Gasteiger partial charge on any atom is -0.352 e. The van der Waals surface area contributed by atoms with Crippen molar-refractivity contribution in [1.82, 2.24) is 5.32 Å². The number of fused-ring (bicyclic) bond motifs is 2. The number of urea groups is 1. The highest BCUT2D eigenvalue weighted by Crippen LogP contribution is 2.60. The van der Waals surface area contributed by atoms with Gasteiger partial charge in [0.1, 0.15) is 5.82 Å². The lowest BCUT2D eigenvalue weighted by molar-refractivity contribution is -0.577. The van der Waals surface area contributed by atoms with Gasteiger partial charge in [0.25, 0.3) is 0 Å². The lowest BCUT2D eigenvalue weighted by atomic mass is 9.58. The van der Waals surface area contributed by atoms with Gasteiger partial charge in [-0.3, -0.25) is 0 Å². The second-order valence-electron chi connectivity index (χ2n) is 10.4. The summed E-state index contributed by atoms with van der Waals surface area (Å²) < 4.78 is 31.9. The average Bonchev–Trinajstić information content (AvgIpc) is 3.04. The summed E-state index contributed by atoms with van der Waals surface area (Å²) in [5.74, 6) is 0.0430. The zero-order chi connectivity index (χ0) is 23.9. The Morgan fingerprint density at radius 1 is 1.15 bits per heavy atom. The van der Waals surface area contributed by atoms with Crippen molar-refractivity contribution < 1.29 is 33.2 Å². The van der Waals surface area contributed by atoms with Gasteiger partial charge < -0.3 is 24.8 Å². The molecule has 8 nitrogen and oxygen atoms in total. The van der Waals surface area contributed by atoms with Gasteiger partial charge in [-0.05, 0) is 68.7 Å². The fraction of sp³-hybridized carbons (Fsp3) is 0.720. The van der Waals surface area contributed by atoms with E-state index >= 15 is 0 Å². The summed E-state index contributed by atoms with van der Waals surface area (Å²) in [5.41, 5.74) is -0.0568. The van der Waals surface area contributed by atoms with Crippen LogP contribution in [0.5, 0.6) is 0 Å². The second kappa shape index (κ2) is 9.35. The van der Waals surface area contributed by atoms with Crippen LogP contribution in [0.25, 0.3) is 0 Å². The highest BCUT2D eigenvalue weighted by atomic mass is 19.1. The van der Waals surface area contributed by atoms with Gasteiger partial charge >= 0.3 is 6.03 Å². The third kappa shape index (κ3) is 4.33. The molecule has 4 heterocycles. The van der Waals surface area contributed by atoms with Crippen LogP contribution in [0.3, 0.4) is 0 Å². The van der Waals surface area contributed by atoms with E-state index in [1.807, 2.05) is 6.92 Å². The maximum Gasteiger partial charge on any atom is 0.319 e. The van der Waals surface area contributed by atoms with Crippen molar-refractivity contribution in [3.63, 3.8) is 0 Å². The fourth-order valence-electron chi connectivity index (χ4n) is 6.24. The molecule has 1 aliphatic carbocycles. The monoisotopic (exact) mass is 478 g/mol. The Labute approximate surface area is 199 Å². The molecule has 0 radical (unpaired) electrons. The molecule has 1 aromatic carbocycles. The Bertz CT molecular complexity index is 887. The normalized spacial score (nSPS) is 40.8. The van der Waals surface area contributed by atoms with Gasteiger partial charge in [-0.15, -0.1) is 0 Å². The first-order valence-electron chi connectivity index (χ1n) is 12.4. The van der Waals surface area contributed by atoms with E-state index in [9.17, 15) is 9.18 Å². The summed E-state index contributed by atoms with van der Waals surface area (Å²) >= 11 is 0. The number of nitrogens with one attached hydrogen (secondary N) is 2. The standard InChI is InChI=1S/C25H35FN2O6/c1-15-5-10-20-16(2)21(31-22-25(20)19(15)11-12-24(3,32-22)33-34-25)30-14-4-13-27-23(29)28-18-8-6-17(26)7-9-18/h6-9,15-16,19-22H,4-5,10-14H2,1-3H3,(H2,27,28,29)/t15-,16-,19+,20+,21+,22-,24+,25-/m1/s1. The molecule has 6 rings (SSSR count). The predicted molar refractivity (Wildman–Crippen MR) is 121 cm³/mol. The van der Waals surface area contributed by atoms with Gasteiger partial charge in [-0.1, -0.05) is 13.8 Å². The van der Waals surface area contributed by atoms with Gasteiger partial charge in [0.15, 0.2) is 18.2 Å². The van der Waals surface area contributed by atoms with Crippen LogP contribution in [0.15, 0.2) is 24.3 Å². The van der Waals surface area contributed by atoms with E-state index < -0.39 is 24.0 Å². The Balaban J connectivity index is 1.14. The van der Waals surface area contributed by atoms with Crippen molar-refractivity contribution in [3.8, 4) is 0 Å². The van der Waals surface area contributed by atoms with E-state index in [0.29, 0.717) is 37.1 Å². The first-order chi connectivity index (χ1) is 16.3. The third-order valence-electron chi connectivity index (χ3n) is 8.09. The van der Waals surface area contributed by atoms with Crippen molar-refractivity contribution >= 4 is 11.7 Å². The lowest BCUT2D eigenvalue weighted by Gasteiger charge is -2.60.